The van der Waals surface area contributed by atoms with Gasteiger partial charge in [0.05, 0.1) is 38.7 Å². The molecule has 0 aromatic heterocycles. The third-order valence-corrected chi connectivity index (χ3v) is 5.83. The van der Waals surface area contributed by atoms with Gasteiger partial charge in [0, 0.05) is 24.7 Å². The van der Waals surface area contributed by atoms with Crippen LogP contribution in [0.3, 0.4) is 0 Å². The van der Waals surface area contributed by atoms with E-state index in [9.17, 15) is 0 Å². The summed E-state index contributed by atoms with van der Waals surface area (Å²) >= 11 is 0. The number of guanidine groups is 1. The van der Waals surface area contributed by atoms with Gasteiger partial charge in [-0.05, 0) is 38.8 Å². The highest BCUT2D eigenvalue weighted by molar-refractivity contribution is 14.0. The number of anilines is 1. The maximum atomic E-state index is 6.30. The number of ether oxygens (including phenoxy) is 3. The Kier molecular flexibility index (Phi) is 10.5. The quantitative estimate of drug-likeness (QED) is 0.301. The molecule has 0 atom stereocenters. The number of hydrogen-bond acceptors (Lipinski definition) is 5. The van der Waals surface area contributed by atoms with Crippen molar-refractivity contribution in [3.05, 3.63) is 18.2 Å². The van der Waals surface area contributed by atoms with E-state index in [4.69, 9.17) is 24.9 Å². The molecule has 7 nitrogen and oxygen atoms in total. The Bertz CT molecular complexity index is 674. The molecule has 170 valence electrons. The average molecular weight is 532 g/mol. The van der Waals surface area contributed by atoms with Crippen LogP contribution in [0.1, 0.15) is 46.0 Å². The minimum absolute atomic E-state index is 0. The van der Waals surface area contributed by atoms with E-state index in [0.29, 0.717) is 25.7 Å². The lowest BCUT2D eigenvalue weighted by atomic mass is 9.80. The summed E-state index contributed by atoms with van der Waals surface area (Å²) in [5.41, 5.74) is 7.18. The van der Waals surface area contributed by atoms with Gasteiger partial charge in [0.15, 0.2) is 5.96 Å². The second kappa shape index (κ2) is 12.6. The van der Waals surface area contributed by atoms with Crippen molar-refractivity contribution in [2.24, 2.45) is 10.7 Å². The first-order valence-corrected chi connectivity index (χ1v) is 11.0. The van der Waals surface area contributed by atoms with E-state index >= 15 is 0 Å². The highest BCUT2D eigenvalue weighted by Gasteiger charge is 2.38. The van der Waals surface area contributed by atoms with E-state index in [1.165, 1.54) is 32.1 Å². The van der Waals surface area contributed by atoms with Gasteiger partial charge in [-0.1, -0.05) is 19.3 Å². The maximum absolute atomic E-state index is 6.30. The molecule has 1 aliphatic carbocycles. The molecule has 1 aliphatic heterocycles. The van der Waals surface area contributed by atoms with Gasteiger partial charge in [0.1, 0.15) is 11.5 Å². The van der Waals surface area contributed by atoms with Gasteiger partial charge in [-0.3, -0.25) is 9.89 Å². The monoisotopic (exact) mass is 532 g/mol. The summed E-state index contributed by atoms with van der Waals surface area (Å²) in [4.78, 5) is 7.35. The predicted octanol–water partition coefficient (Wildman–Crippen LogP) is 3.86. The Hall–Kier alpha value is -1.26. The molecule has 0 spiro atoms. The first-order valence-electron chi connectivity index (χ1n) is 11.0. The fourth-order valence-electron chi connectivity index (χ4n) is 4.38. The van der Waals surface area contributed by atoms with Crippen molar-refractivity contribution in [3.8, 4) is 11.5 Å². The van der Waals surface area contributed by atoms with E-state index < -0.39 is 0 Å². The molecule has 3 N–H and O–H groups in total. The Morgan fingerprint density at radius 2 is 1.83 bits per heavy atom. The largest absolute Gasteiger partial charge is 0.494 e. The Labute approximate surface area is 197 Å². The molecule has 1 heterocycles. The minimum Gasteiger partial charge on any atom is -0.494 e. The molecule has 8 heteroatoms. The normalized spacial score (nSPS) is 19.6. The van der Waals surface area contributed by atoms with E-state index in [0.717, 1.165) is 43.5 Å². The van der Waals surface area contributed by atoms with Gasteiger partial charge in [-0.25, -0.2) is 0 Å². The van der Waals surface area contributed by atoms with Gasteiger partial charge in [-0.2, -0.15) is 0 Å². The summed E-state index contributed by atoms with van der Waals surface area (Å²) < 4.78 is 16.9. The Morgan fingerprint density at radius 1 is 1.13 bits per heavy atom. The molecule has 0 unspecified atom stereocenters. The van der Waals surface area contributed by atoms with E-state index in [2.05, 4.69) is 10.2 Å². The minimum atomic E-state index is 0. The number of rotatable bonds is 8. The van der Waals surface area contributed by atoms with Crippen LogP contribution in [0.5, 0.6) is 11.5 Å². The van der Waals surface area contributed by atoms with Gasteiger partial charge in [0.2, 0.25) is 0 Å². The second-order valence-electron chi connectivity index (χ2n) is 7.73. The van der Waals surface area contributed by atoms with Crippen LogP contribution < -0.4 is 20.5 Å². The summed E-state index contributed by atoms with van der Waals surface area (Å²) in [6.45, 7) is 9.41. The summed E-state index contributed by atoms with van der Waals surface area (Å²) in [7, 11) is 0. The van der Waals surface area contributed by atoms with Crippen LogP contribution in [-0.4, -0.2) is 62.5 Å². The van der Waals surface area contributed by atoms with Crippen LogP contribution in [0.2, 0.25) is 0 Å². The highest BCUT2D eigenvalue weighted by Crippen LogP contribution is 2.35. The lowest BCUT2D eigenvalue weighted by Crippen LogP contribution is -2.56. The number of benzene rings is 1. The van der Waals surface area contributed by atoms with Crippen LogP contribution in [0.25, 0.3) is 0 Å². The summed E-state index contributed by atoms with van der Waals surface area (Å²) in [5, 5.41) is 3.23. The van der Waals surface area contributed by atoms with E-state index in [-0.39, 0.29) is 29.5 Å². The van der Waals surface area contributed by atoms with Crippen molar-refractivity contribution in [3.63, 3.8) is 0 Å². The van der Waals surface area contributed by atoms with Crippen molar-refractivity contribution in [2.45, 2.75) is 51.5 Å². The van der Waals surface area contributed by atoms with Crippen molar-refractivity contribution >= 4 is 35.6 Å². The van der Waals surface area contributed by atoms with Gasteiger partial charge in [0.25, 0.3) is 0 Å². The third kappa shape index (κ3) is 6.62. The number of morpholine rings is 1. The molecule has 2 fully saturated rings. The van der Waals surface area contributed by atoms with Crippen LogP contribution >= 0.6 is 24.0 Å². The smallest absolute Gasteiger partial charge is 0.193 e. The number of nitrogens with two attached hydrogens (primary N) is 1. The molecule has 0 amide bonds. The maximum Gasteiger partial charge on any atom is 0.193 e. The topological polar surface area (TPSA) is 81.3 Å². The summed E-state index contributed by atoms with van der Waals surface area (Å²) in [6, 6.07) is 5.72. The number of halogens is 1. The highest BCUT2D eigenvalue weighted by atomic mass is 127. The van der Waals surface area contributed by atoms with Gasteiger partial charge in [-0.15, -0.1) is 24.0 Å². The van der Waals surface area contributed by atoms with Crippen molar-refractivity contribution in [1.82, 2.24) is 4.90 Å². The van der Waals surface area contributed by atoms with Crippen LogP contribution in [0.15, 0.2) is 23.2 Å². The second-order valence-corrected chi connectivity index (χ2v) is 7.73. The predicted molar refractivity (Wildman–Crippen MR) is 133 cm³/mol. The first-order chi connectivity index (χ1) is 14.2. The Morgan fingerprint density at radius 3 is 2.50 bits per heavy atom. The van der Waals surface area contributed by atoms with Crippen LogP contribution in [0, 0.1) is 0 Å². The molecule has 2 aliphatic rings. The molecule has 1 aromatic rings. The molecular weight excluding hydrogens is 495 g/mol. The number of nitrogens with zero attached hydrogens (tertiary/aromatic N) is 2. The third-order valence-electron chi connectivity index (χ3n) is 5.83. The standard InChI is InChI=1S/C22H36N4O3.HI/c1-3-28-18-8-9-20(29-4-2)19(16-18)25-21(23)24-17-22(10-6-5-7-11-22)26-12-14-27-15-13-26;/h8-9,16H,3-7,10-15,17H2,1-2H3,(H3,23,24,25);1H. The lowest BCUT2D eigenvalue weighted by Gasteiger charge is -2.47. The van der Waals surface area contributed by atoms with E-state index in [1.807, 2.05) is 32.0 Å². The van der Waals surface area contributed by atoms with Gasteiger partial charge < -0.3 is 25.3 Å². The molecule has 1 aromatic carbocycles. The molecular formula is C22H37IN4O3. The number of nitrogens with one attached hydrogen (secondary N) is 1. The fraction of sp³-hybridized carbons (Fsp3) is 0.682. The fourth-order valence-corrected chi connectivity index (χ4v) is 4.38. The summed E-state index contributed by atoms with van der Waals surface area (Å²) in [6.07, 6.45) is 6.17. The molecule has 1 saturated heterocycles. The molecule has 3 rings (SSSR count). The zero-order chi connectivity index (χ0) is 20.5. The van der Waals surface area contributed by atoms with Crippen molar-refractivity contribution < 1.29 is 14.2 Å². The molecule has 1 saturated carbocycles. The zero-order valence-electron chi connectivity index (χ0n) is 18.3. The SMILES string of the molecule is CCOc1ccc(OCC)c(NC(N)=NCC2(N3CCOCC3)CCCCC2)c1.I. The Balaban J connectivity index is 0.00000320. The van der Waals surface area contributed by atoms with Crippen molar-refractivity contribution in [1.29, 1.82) is 0 Å². The number of hydrogen-bond donors (Lipinski definition) is 2. The average Bonchev–Trinajstić information content (AvgIpc) is 2.76. The zero-order valence-corrected chi connectivity index (χ0v) is 20.7. The van der Waals surface area contributed by atoms with Crippen LogP contribution in [0.4, 0.5) is 5.69 Å². The summed E-state index contributed by atoms with van der Waals surface area (Å²) in [5.74, 6) is 1.94. The molecule has 0 bridgehead atoms. The first kappa shape index (κ1) is 25.0. The van der Waals surface area contributed by atoms with Gasteiger partial charge >= 0.3 is 0 Å². The number of aliphatic imine (C=N–C) groups is 1. The molecule has 0 radical (unpaired) electrons. The van der Waals surface area contributed by atoms with Crippen LogP contribution in [-0.2, 0) is 4.74 Å². The molecule has 30 heavy (non-hydrogen) atoms. The lowest BCUT2D eigenvalue weighted by molar-refractivity contribution is -0.0333. The van der Waals surface area contributed by atoms with Crippen molar-refractivity contribution in [2.75, 3.05) is 51.4 Å². The van der Waals surface area contributed by atoms with E-state index in [1.54, 1.807) is 0 Å².